The summed E-state index contributed by atoms with van der Waals surface area (Å²) in [5, 5.41) is 85.1. The Balaban J connectivity index is 1.31. The number of aliphatic hydroxyl groups excluding tert-OH is 6. The number of Topliss-reactive ketones (excluding diaryl/α,β-unsaturated/α-hetero) is 1. The van der Waals surface area contributed by atoms with Gasteiger partial charge in [-0.05, 0) is 44.4 Å². The van der Waals surface area contributed by atoms with E-state index in [4.69, 9.17) is 37.7 Å². The first-order valence-corrected chi connectivity index (χ1v) is 25.4. The lowest BCUT2D eigenvalue weighted by Gasteiger charge is -2.49. The first-order chi connectivity index (χ1) is 33.2. The van der Waals surface area contributed by atoms with Gasteiger partial charge in [0.1, 0.15) is 54.1 Å². The van der Waals surface area contributed by atoms with Crippen molar-refractivity contribution in [3.8, 4) is 0 Å². The Labute approximate surface area is 407 Å². The number of amides is 1. The van der Waals surface area contributed by atoms with Crippen molar-refractivity contribution in [3.63, 3.8) is 0 Å². The van der Waals surface area contributed by atoms with Crippen LogP contribution in [0.25, 0.3) is 0 Å². The number of methoxy groups -OCH3 is 1. The maximum atomic E-state index is 14.1. The van der Waals surface area contributed by atoms with Gasteiger partial charge in [0.15, 0.2) is 18.7 Å². The number of carboxylic acid groups (broad SMARTS) is 1. The summed E-state index contributed by atoms with van der Waals surface area (Å²) in [7, 11) is -3.46. The number of nitrogens with zero attached hydrogens (tertiary/aromatic N) is 3. The number of carboxylic acids is 1. The van der Waals surface area contributed by atoms with Crippen molar-refractivity contribution < 1.29 is 100 Å². The number of rotatable bonds is 27. The van der Waals surface area contributed by atoms with Crippen LogP contribution in [0.15, 0.2) is 6.20 Å². The van der Waals surface area contributed by atoms with E-state index in [9.17, 15) is 58.5 Å². The number of nitrogens with one attached hydrogen (secondary N) is 1. The molecule has 2 aliphatic heterocycles. The molecule has 7 unspecified atom stereocenters. The molecule has 402 valence electrons. The van der Waals surface area contributed by atoms with Crippen LogP contribution < -0.4 is 5.32 Å². The minimum atomic E-state index is -4.80. The Kier molecular flexibility index (Phi) is 22.3. The van der Waals surface area contributed by atoms with E-state index in [2.05, 4.69) is 19.8 Å². The van der Waals surface area contributed by atoms with Gasteiger partial charge in [-0.15, -0.1) is 5.10 Å². The molecule has 0 aromatic carbocycles. The van der Waals surface area contributed by atoms with Crippen molar-refractivity contribution in [3.05, 3.63) is 11.9 Å². The number of hydrogen-bond donors (Lipinski definition) is 9. The van der Waals surface area contributed by atoms with Crippen LogP contribution >= 0.6 is 0 Å². The molecule has 4 fully saturated rings. The fourth-order valence-corrected chi connectivity index (χ4v) is 10.4. The minimum Gasteiger partial charge on any atom is -0.479 e. The lowest BCUT2D eigenvalue weighted by Crippen LogP contribution is -2.67. The van der Waals surface area contributed by atoms with Crippen molar-refractivity contribution in [2.45, 2.75) is 184 Å². The van der Waals surface area contributed by atoms with Crippen molar-refractivity contribution in [2.24, 2.45) is 23.2 Å². The smallest absolute Gasteiger partial charge is 0.397 e. The highest BCUT2D eigenvalue weighted by molar-refractivity contribution is 7.80. The monoisotopic (exact) mass is 1030 g/mol. The molecule has 5 rings (SSSR count). The van der Waals surface area contributed by atoms with E-state index in [0.29, 0.717) is 18.5 Å². The molecule has 3 heterocycles. The summed E-state index contributed by atoms with van der Waals surface area (Å²) >= 11 is 0. The third-order valence-electron chi connectivity index (χ3n) is 13.8. The van der Waals surface area contributed by atoms with Gasteiger partial charge in [0.25, 0.3) is 0 Å². The lowest BCUT2D eigenvalue weighted by molar-refractivity contribution is -0.338. The third kappa shape index (κ3) is 16.0. The van der Waals surface area contributed by atoms with Crippen molar-refractivity contribution in [2.75, 3.05) is 40.1 Å². The number of carbonyl (C=O) groups is 3. The van der Waals surface area contributed by atoms with E-state index in [0.717, 1.165) is 32.1 Å². The lowest BCUT2D eigenvalue weighted by atomic mass is 9.74. The van der Waals surface area contributed by atoms with Gasteiger partial charge in [0.05, 0.1) is 69.5 Å². The highest BCUT2D eigenvalue weighted by Gasteiger charge is 2.53. The Hall–Kier alpha value is -2.90. The molecular weight excluding hydrogens is 953 g/mol. The summed E-state index contributed by atoms with van der Waals surface area (Å²) < 4.78 is 79.5. The third-order valence-corrected chi connectivity index (χ3v) is 14.2. The molecule has 9 N–H and O–H groups in total. The average molecular weight is 1030 g/mol. The van der Waals surface area contributed by atoms with Gasteiger partial charge in [-0.3, -0.25) is 18.8 Å². The Morgan fingerprint density at radius 3 is 2.33 bits per heavy atom. The summed E-state index contributed by atoms with van der Waals surface area (Å²) in [6.45, 7) is 2.53. The molecular formula is C44H74N4O21S. The molecule has 26 heteroatoms. The van der Waals surface area contributed by atoms with Crippen molar-refractivity contribution in [1.29, 1.82) is 0 Å². The Bertz CT molecular complexity index is 1910. The van der Waals surface area contributed by atoms with E-state index in [1.54, 1.807) is 0 Å². The maximum absolute atomic E-state index is 14.1. The van der Waals surface area contributed by atoms with Crippen LogP contribution in [-0.2, 0) is 75.3 Å². The van der Waals surface area contributed by atoms with Crippen LogP contribution in [0, 0.1) is 23.2 Å². The van der Waals surface area contributed by atoms with Crippen molar-refractivity contribution >= 4 is 28.1 Å². The highest BCUT2D eigenvalue weighted by Crippen LogP contribution is 2.40. The molecule has 0 radical (unpaired) electrons. The number of aliphatic hydroxyl groups is 6. The number of hydrogen-bond acceptors (Lipinski definition) is 21. The molecule has 0 spiro atoms. The van der Waals surface area contributed by atoms with Crippen LogP contribution in [0.5, 0.6) is 0 Å². The quantitative estimate of drug-likeness (QED) is 0.0377. The second-order valence-corrected chi connectivity index (χ2v) is 20.3. The van der Waals surface area contributed by atoms with Gasteiger partial charge in [0, 0.05) is 33.0 Å². The largest absolute Gasteiger partial charge is 0.479 e. The van der Waals surface area contributed by atoms with Crippen LogP contribution in [0.3, 0.4) is 0 Å². The highest BCUT2D eigenvalue weighted by atomic mass is 32.3. The summed E-state index contributed by atoms with van der Waals surface area (Å²) in [4.78, 5) is 39.5. The number of ether oxygens (including phenoxy) is 7. The molecule has 2 aliphatic carbocycles. The van der Waals surface area contributed by atoms with E-state index >= 15 is 0 Å². The maximum Gasteiger partial charge on any atom is 0.397 e. The Morgan fingerprint density at radius 2 is 1.70 bits per heavy atom. The van der Waals surface area contributed by atoms with Gasteiger partial charge in [-0.25, -0.2) is 8.98 Å². The van der Waals surface area contributed by atoms with Crippen LogP contribution in [-0.4, -0.2) is 201 Å². The van der Waals surface area contributed by atoms with Gasteiger partial charge >= 0.3 is 16.4 Å². The molecule has 2 saturated heterocycles. The average Bonchev–Trinajstić information content (AvgIpc) is 3.77. The van der Waals surface area contributed by atoms with E-state index < -0.39 is 139 Å². The van der Waals surface area contributed by atoms with Crippen LogP contribution in [0.1, 0.15) is 97.1 Å². The summed E-state index contributed by atoms with van der Waals surface area (Å²) in [6, 6.07) is -1.34. The summed E-state index contributed by atoms with van der Waals surface area (Å²) in [5.41, 5.74) is -0.914. The zero-order chi connectivity index (χ0) is 51.3. The topological polar surface area (TPSA) is 364 Å². The Morgan fingerprint density at radius 1 is 0.971 bits per heavy atom. The second-order valence-electron chi connectivity index (χ2n) is 19.2. The van der Waals surface area contributed by atoms with Gasteiger partial charge in [-0.1, -0.05) is 50.7 Å². The normalized spacial score (nSPS) is 33.6. The second kappa shape index (κ2) is 26.9. The van der Waals surface area contributed by atoms with Gasteiger partial charge in [-0.2, -0.15) is 8.42 Å². The molecule has 16 atom stereocenters. The molecule has 0 bridgehead atoms. The number of aliphatic carboxylic acids is 1. The number of aromatic nitrogens is 3. The molecule has 4 aliphatic rings. The molecule has 2 saturated carbocycles. The van der Waals surface area contributed by atoms with E-state index in [1.807, 2.05) is 6.92 Å². The number of ketones is 1. The molecule has 1 aromatic heterocycles. The first-order valence-electron chi connectivity index (χ1n) is 24.0. The number of carbonyl (C=O) groups excluding carboxylic acids is 2. The standard InChI is InChI=1S/C44H74N4O21S/c1-5-27-15-28(30(52)12-9-13-63-19-29-17-48(47-46-29)20-44(21-50,22-62-4)23-64-70(59,60)61)16-31(39(27)69-43-38(56)37(55)35(53)24(2)65-43)67-42-34(45-25(3)51)40(36(54)33(18-49)68-42)66-32(41(57)58)14-26-10-7-6-8-11-26/h17,24,26-28,31-40,42-43,49-50,53-56H,5-16,18-23H2,1-4H3,(H,45,51)(H,57,58)(H,59,60,61)/t24?,27?,28?,31-,32+,33+,34?,35-,36+,37+,38?,39-,40?,42-,43+,44?/m1/s1. The molecule has 1 aromatic rings. The zero-order valence-electron chi connectivity index (χ0n) is 40.2. The van der Waals surface area contributed by atoms with Crippen molar-refractivity contribution in [1.82, 2.24) is 20.3 Å². The van der Waals surface area contributed by atoms with E-state index in [1.165, 1.54) is 31.8 Å². The minimum absolute atomic E-state index is 0.00510. The summed E-state index contributed by atoms with van der Waals surface area (Å²) in [6.07, 6.45) is -9.23. The zero-order valence-corrected chi connectivity index (χ0v) is 41.0. The van der Waals surface area contributed by atoms with Crippen LogP contribution in [0.2, 0.25) is 0 Å². The molecule has 70 heavy (non-hydrogen) atoms. The molecule has 1 amide bonds. The molecule has 25 nitrogen and oxygen atoms in total. The van der Waals surface area contributed by atoms with Gasteiger partial charge < -0.3 is 74.2 Å². The first kappa shape index (κ1) is 58.0. The van der Waals surface area contributed by atoms with Crippen LogP contribution in [0.4, 0.5) is 0 Å². The van der Waals surface area contributed by atoms with E-state index in [-0.39, 0.29) is 63.7 Å². The summed E-state index contributed by atoms with van der Waals surface area (Å²) in [5.74, 6) is -3.04. The fraction of sp³-hybridized carbons (Fsp3) is 0.886. The predicted molar refractivity (Wildman–Crippen MR) is 238 cm³/mol. The fourth-order valence-electron chi connectivity index (χ4n) is 9.96. The SMILES string of the molecule is CCC1CC(C(=O)CCCOCc2cn(CC(CO)(COC)COS(=O)(=O)O)nn2)C[C@@H](O[C@@H]2O[C@@H](CO)[C@H](O)C(O[C@@H](CC3CCCCC3)C(=O)O)C2NC(C)=O)[C@@H]1O[C@@H]1OC(C)[C@@H](O)[C@H](O)C1O. The van der Waals surface area contributed by atoms with Gasteiger partial charge in [0.2, 0.25) is 5.91 Å². The predicted octanol–water partition coefficient (Wildman–Crippen LogP) is -0.986.